The van der Waals surface area contributed by atoms with Crippen LogP contribution in [-0.4, -0.2) is 63.7 Å². The van der Waals surface area contributed by atoms with Gasteiger partial charge in [0, 0.05) is 0 Å². The van der Waals surface area contributed by atoms with E-state index in [0.29, 0.717) is 10.8 Å². The van der Waals surface area contributed by atoms with E-state index in [-0.39, 0.29) is 47.5 Å². The van der Waals surface area contributed by atoms with Gasteiger partial charge in [0.15, 0.2) is 0 Å². The fourth-order valence-electron chi connectivity index (χ4n) is 8.02. The largest absolute Gasteiger partial charge is 2.00 e. The molecule has 0 radical (unpaired) electrons. The topological polar surface area (TPSA) is 114 Å². The molecule has 0 aliphatic rings. The molecule has 4 aromatic rings. The smallest absolute Gasteiger partial charge is 0.744 e. The number of hydrogen-bond donors (Lipinski definition) is 0. The Morgan fingerprint density at radius 3 is 0.965 bits per heavy atom. The quantitative estimate of drug-likeness (QED) is 0.0353. The third kappa shape index (κ3) is 17.5. The summed E-state index contributed by atoms with van der Waals surface area (Å²) in [5.74, 6) is 0. The molecule has 0 atom stereocenters. The molecule has 0 amide bonds. The van der Waals surface area contributed by atoms with Gasteiger partial charge < -0.3 is 9.11 Å². The van der Waals surface area contributed by atoms with Crippen LogP contribution in [0.3, 0.4) is 0 Å². The summed E-state index contributed by atoms with van der Waals surface area (Å²) in [6.45, 7) is 8.88. The summed E-state index contributed by atoms with van der Waals surface area (Å²) in [4.78, 5) is -0.182. The second-order valence-corrected chi connectivity index (χ2v) is 18.4. The molecule has 0 N–H and O–H groups in total. The molecule has 312 valence electrons. The Morgan fingerprint density at radius 1 is 0.368 bits per heavy atom. The molecule has 0 spiro atoms. The van der Waals surface area contributed by atoms with E-state index in [1.165, 1.54) is 137 Å². The molecule has 4 rings (SSSR count). The number of aryl methyl sites for hydroxylation is 4. The van der Waals surface area contributed by atoms with Gasteiger partial charge in [-0.25, -0.2) is 16.8 Å². The second kappa shape index (κ2) is 28.1. The number of hydrogen-bond acceptors (Lipinski definition) is 6. The van der Waals surface area contributed by atoms with E-state index >= 15 is 0 Å². The van der Waals surface area contributed by atoms with Crippen molar-refractivity contribution in [3.63, 3.8) is 0 Å². The van der Waals surface area contributed by atoms with Crippen molar-refractivity contribution in [3.8, 4) is 0 Å². The fraction of sp³-hybridized carbons (Fsp3) is 0.583. The van der Waals surface area contributed by atoms with E-state index in [1.807, 2.05) is 24.3 Å². The first-order valence-corrected chi connectivity index (χ1v) is 24.8. The van der Waals surface area contributed by atoms with Crippen molar-refractivity contribution >= 4 is 79.5 Å². The molecule has 0 heterocycles. The van der Waals surface area contributed by atoms with Gasteiger partial charge in [-0.15, -0.1) is 0 Å². The number of benzene rings is 4. The molecular formula is C48H70CaO6S2. The maximum Gasteiger partial charge on any atom is 2.00 e. The van der Waals surface area contributed by atoms with Gasteiger partial charge in [-0.2, -0.15) is 0 Å². The molecule has 0 saturated carbocycles. The van der Waals surface area contributed by atoms with Crippen molar-refractivity contribution < 1.29 is 25.9 Å². The molecule has 4 aromatic carbocycles. The van der Waals surface area contributed by atoms with E-state index in [9.17, 15) is 25.9 Å². The minimum absolute atomic E-state index is 0. The Labute approximate surface area is 376 Å². The van der Waals surface area contributed by atoms with Gasteiger partial charge in [0.2, 0.25) is 0 Å². The van der Waals surface area contributed by atoms with Crippen LogP contribution >= 0.6 is 0 Å². The molecule has 0 bridgehead atoms. The van der Waals surface area contributed by atoms with Crippen molar-refractivity contribution in [1.82, 2.24) is 0 Å². The van der Waals surface area contributed by atoms with Gasteiger partial charge in [-0.05, 0) is 107 Å². The molecule has 57 heavy (non-hydrogen) atoms. The van der Waals surface area contributed by atoms with Gasteiger partial charge in [0.1, 0.15) is 20.2 Å². The Morgan fingerprint density at radius 2 is 0.667 bits per heavy atom. The molecule has 6 nitrogen and oxygen atoms in total. The van der Waals surface area contributed by atoms with Crippen LogP contribution in [0.4, 0.5) is 0 Å². The molecule has 9 heteroatoms. The monoisotopic (exact) mass is 846 g/mol. The van der Waals surface area contributed by atoms with Gasteiger partial charge >= 0.3 is 37.7 Å². The van der Waals surface area contributed by atoms with Gasteiger partial charge in [-0.1, -0.05) is 179 Å². The molecule has 0 aliphatic carbocycles. The first kappa shape index (κ1) is 51.6. The molecule has 0 aromatic heterocycles. The van der Waals surface area contributed by atoms with Crippen LogP contribution in [-0.2, 0) is 45.9 Å². The molecule has 0 unspecified atom stereocenters. The summed E-state index contributed by atoms with van der Waals surface area (Å²) in [5.41, 5.74) is 5.13. The van der Waals surface area contributed by atoms with Gasteiger partial charge in [0.05, 0.1) is 9.79 Å². The average molecular weight is 847 g/mol. The van der Waals surface area contributed by atoms with Crippen LogP contribution in [0.25, 0.3) is 21.5 Å². The Kier molecular flexibility index (Phi) is 25.4. The summed E-state index contributed by atoms with van der Waals surface area (Å²) in [6.07, 6.45) is 28.4. The Balaban J connectivity index is 0.000000387. The predicted molar refractivity (Wildman–Crippen MR) is 239 cm³/mol. The minimum atomic E-state index is -4.47. The summed E-state index contributed by atoms with van der Waals surface area (Å²) >= 11 is 0. The number of unbranched alkanes of at least 4 members (excludes halogenated alkanes) is 16. The van der Waals surface area contributed by atoms with Crippen LogP contribution in [0.15, 0.2) is 70.5 Å². The zero-order chi connectivity index (χ0) is 40.8. The number of rotatable bonds is 26. The summed E-state index contributed by atoms with van der Waals surface area (Å²) < 4.78 is 70.2. The van der Waals surface area contributed by atoms with Crippen LogP contribution in [0.5, 0.6) is 0 Å². The third-order valence-electron chi connectivity index (χ3n) is 11.2. The van der Waals surface area contributed by atoms with Gasteiger partial charge in [0.25, 0.3) is 0 Å². The number of fused-ring (bicyclic) bond motifs is 2. The third-order valence-corrected chi connectivity index (χ3v) is 12.9. The zero-order valence-corrected chi connectivity index (χ0v) is 39.6. The second-order valence-electron chi connectivity index (χ2n) is 15.7. The first-order chi connectivity index (χ1) is 27.0. The molecule has 0 fully saturated rings. The van der Waals surface area contributed by atoms with Crippen LogP contribution in [0, 0.1) is 0 Å². The first-order valence-electron chi connectivity index (χ1n) is 22.0. The minimum Gasteiger partial charge on any atom is -0.744 e. The standard InChI is InChI=1S/2C24H36O3S.Ca/c2*1-3-5-7-9-11-14-20-18-19-23-22(16-13-17-24(23)28(25,26)27)21(20)15-12-10-8-6-4-2;/h2*13,16-19H,3-12,14-15H2,1-2H3,(H,25,26,27);/q;;+2/p-2. The molecule has 0 saturated heterocycles. The van der Waals surface area contributed by atoms with Crippen molar-refractivity contribution in [2.75, 3.05) is 0 Å². The SMILES string of the molecule is CCCCCCCc1ccc2c(S(=O)(=O)[O-])cccc2c1CCCCCCC.CCCCCCCc1ccc2c(S(=O)(=O)[O-])cccc2c1CCCCCCC.[Ca+2]. The fourth-order valence-corrected chi connectivity index (χ4v) is 9.40. The van der Waals surface area contributed by atoms with E-state index in [0.717, 1.165) is 62.1 Å². The zero-order valence-electron chi connectivity index (χ0n) is 35.7. The molecular weight excluding hydrogens is 777 g/mol. The Bertz CT molecular complexity index is 1830. The Hall–Kier alpha value is -1.52. The van der Waals surface area contributed by atoms with E-state index in [4.69, 9.17) is 0 Å². The van der Waals surface area contributed by atoms with Crippen LogP contribution in [0.2, 0.25) is 0 Å². The van der Waals surface area contributed by atoms with Crippen LogP contribution < -0.4 is 0 Å². The van der Waals surface area contributed by atoms with Crippen molar-refractivity contribution in [2.24, 2.45) is 0 Å². The van der Waals surface area contributed by atoms with E-state index < -0.39 is 20.2 Å². The summed E-state index contributed by atoms with van der Waals surface area (Å²) in [7, 11) is -8.94. The van der Waals surface area contributed by atoms with Crippen molar-refractivity contribution in [1.29, 1.82) is 0 Å². The predicted octanol–water partition coefficient (Wildman–Crippen LogP) is 13.2. The normalized spacial score (nSPS) is 11.8. The van der Waals surface area contributed by atoms with Crippen LogP contribution in [0.1, 0.15) is 178 Å². The molecule has 0 aliphatic heterocycles. The van der Waals surface area contributed by atoms with E-state index in [2.05, 4.69) is 39.8 Å². The summed E-state index contributed by atoms with van der Waals surface area (Å²) in [5, 5.41) is 3.04. The van der Waals surface area contributed by atoms with Crippen molar-refractivity contribution in [2.45, 2.75) is 192 Å². The maximum absolute atomic E-state index is 11.7. The summed E-state index contributed by atoms with van der Waals surface area (Å²) in [6, 6.07) is 18.0. The van der Waals surface area contributed by atoms with E-state index in [1.54, 1.807) is 12.1 Å². The van der Waals surface area contributed by atoms with Gasteiger partial charge in [-0.3, -0.25) is 0 Å². The maximum atomic E-state index is 11.7. The van der Waals surface area contributed by atoms with Crippen molar-refractivity contribution in [3.05, 3.63) is 82.9 Å². The average Bonchev–Trinajstić information content (AvgIpc) is 3.17.